The molecule has 0 aliphatic carbocycles. The van der Waals surface area contributed by atoms with Crippen LogP contribution in [0, 0.1) is 4.64 Å². The highest BCUT2D eigenvalue weighted by Crippen LogP contribution is 2.23. The lowest BCUT2D eigenvalue weighted by Crippen LogP contribution is -1.97. The molecule has 0 spiro atoms. The van der Waals surface area contributed by atoms with Crippen LogP contribution >= 0.6 is 12.2 Å². The molecule has 4 nitrogen and oxygen atoms in total. The molecule has 0 aromatic carbocycles. The number of nitrogens with zero attached hydrogens (tertiary/aromatic N) is 2. The minimum absolute atomic E-state index is 0.600. The summed E-state index contributed by atoms with van der Waals surface area (Å²) in [5.41, 5.74) is 3.06. The highest BCUT2D eigenvalue weighted by Gasteiger charge is 2.08. The predicted octanol–water partition coefficient (Wildman–Crippen LogP) is 3.16. The predicted molar refractivity (Wildman–Crippen MR) is 73.2 cm³/mol. The number of H-pyrrole nitrogens is 1. The van der Waals surface area contributed by atoms with Gasteiger partial charge in [0, 0.05) is 23.4 Å². The van der Waals surface area contributed by atoms with Crippen LogP contribution in [0.4, 0.5) is 0 Å². The smallest absolute Gasteiger partial charge is 0.212 e. The Morgan fingerprint density at radius 1 is 1.33 bits per heavy atom. The van der Waals surface area contributed by atoms with Gasteiger partial charge in [-0.3, -0.25) is 0 Å². The lowest BCUT2D eigenvalue weighted by Gasteiger charge is -2.08. The number of methoxy groups -OCH3 is 1. The van der Waals surface area contributed by atoms with E-state index in [2.05, 4.69) is 21.9 Å². The van der Waals surface area contributed by atoms with Crippen LogP contribution in [-0.4, -0.2) is 22.1 Å². The van der Waals surface area contributed by atoms with Crippen LogP contribution < -0.4 is 4.74 Å². The first-order valence-corrected chi connectivity index (χ1v) is 6.24. The van der Waals surface area contributed by atoms with Crippen molar-refractivity contribution < 1.29 is 4.74 Å². The molecule has 1 N–H and O–H groups in total. The van der Waals surface area contributed by atoms with Gasteiger partial charge in [-0.1, -0.05) is 25.6 Å². The first kappa shape index (κ1) is 12.7. The second-order valence-corrected chi connectivity index (χ2v) is 4.29. The van der Waals surface area contributed by atoms with Crippen molar-refractivity contribution in [1.82, 2.24) is 15.0 Å². The molecule has 2 aromatic rings. The second-order valence-electron chi connectivity index (χ2n) is 3.90. The van der Waals surface area contributed by atoms with Gasteiger partial charge in [-0.2, -0.15) is 0 Å². The largest absolute Gasteiger partial charge is 0.481 e. The first-order valence-electron chi connectivity index (χ1n) is 5.83. The van der Waals surface area contributed by atoms with Crippen molar-refractivity contribution in [3.05, 3.63) is 34.9 Å². The number of aromatic nitrogens is 3. The van der Waals surface area contributed by atoms with E-state index in [0.29, 0.717) is 10.5 Å². The molecule has 0 saturated heterocycles. The molecule has 0 unspecified atom stereocenters. The van der Waals surface area contributed by atoms with Gasteiger partial charge in [0.15, 0.2) is 0 Å². The maximum Gasteiger partial charge on any atom is 0.212 e. The van der Waals surface area contributed by atoms with Gasteiger partial charge in [0.2, 0.25) is 5.88 Å². The summed E-state index contributed by atoms with van der Waals surface area (Å²) in [4.78, 5) is 11.5. The topological polar surface area (TPSA) is 50.8 Å². The van der Waals surface area contributed by atoms with E-state index in [0.717, 1.165) is 29.7 Å². The fraction of sp³-hybridized carbons (Fsp3) is 0.308. The molecule has 18 heavy (non-hydrogen) atoms. The van der Waals surface area contributed by atoms with E-state index < -0.39 is 0 Å². The summed E-state index contributed by atoms with van der Waals surface area (Å²) in [6.07, 6.45) is 5.34. The Morgan fingerprint density at radius 3 is 2.78 bits per heavy atom. The third kappa shape index (κ3) is 2.56. The zero-order valence-electron chi connectivity index (χ0n) is 10.4. The molecular formula is C13H15N3OS. The Bertz CT molecular complexity index is 578. The standard InChI is InChI=1S/C13H15N3OS/c1-3-4-10-12(15-8-16-13(10)18)9-5-6-11(17-2)14-7-9/h5-8H,3-4H2,1-2H3,(H,15,16,18). The Labute approximate surface area is 111 Å². The minimum atomic E-state index is 0.600. The van der Waals surface area contributed by atoms with Crippen LogP contribution in [0.5, 0.6) is 5.88 Å². The third-order valence-electron chi connectivity index (χ3n) is 2.68. The molecule has 94 valence electrons. The van der Waals surface area contributed by atoms with Gasteiger partial charge in [-0.15, -0.1) is 0 Å². The molecule has 5 heteroatoms. The van der Waals surface area contributed by atoms with Gasteiger partial charge in [0.25, 0.3) is 0 Å². The summed E-state index contributed by atoms with van der Waals surface area (Å²) in [6.45, 7) is 2.12. The van der Waals surface area contributed by atoms with E-state index in [-0.39, 0.29) is 0 Å². The average molecular weight is 261 g/mol. The van der Waals surface area contributed by atoms with Gasteiger partial charge < -0.3 is 9.72 Å². The molecule has 2 heterocycles. The number of hydrogen-bond donors (Lipinski definition) is 1. The zero-order valence-corrected chi connectivity index (χ0v) is 11.3. The van der Waals surface area contributed by atoms with Crippen molar-refractivity contribution in [3.8, 4) is 17.1 Å². The van der Waals surface area contributed by atoms with Crippen LogP contribution in [0.2, 0.25) is 0 Å². The van der Waals surface area contributed by atoms with Crippen LogP contribution in [0.25, 0.3) is 11.3 Å². The zero-order chi connectivity index (χ0) is 13.0. The van der Waals surface area contributed by atoms with Crippen LogP contribution in [-0.2, 0) is 6.42 Å². The fourth-order valence-electron chi connectivity index (χ4n) is 1.82. The first-order chi connectivity index (χ1) is 8.76. The number of hydrogen-bond acceptors (Lipinski definition) is 4. The van der Waals surface area contributed by atoms with Gasteiger partial charge in [0.05, 0.1) is 19.1 Å². The summed E-state index contributed by atoms with van der Waals surface area (Å²) >= 11 is 5.28. The summed E-state index contributed by atoms with van der Waals surface area (Å²) in [7, 11) is 1.60. The normalized spacial score (nSPS) is 10.3. The SMILES string of the molecule is CCCc1c(-c2ccc(OC)nc2)[nH]cnc1=S. The van der Waals surface area contributed by atoms with E-state index in [1.54, 1.807) is 19.6 Å². The second kappa shape index (κ2) is 5.73. The molecular weight excluding hydrogens is 246 g/mol. The molecule has 0 aliphatic rings. The van der Waals surface area contributed by atoms with Crippen LogP contribution in [0.1, 0.15) is 18.9 Å². The molecule has 0 saturated carbocycles. The highest BCUT2D eigenvalue weighted by atomic mass is 32.1. The van der Waals surface area contributed by atoms with E-state index >= 15 is 0 Å². The number of pyridine rings is 1. The van der Waals surface area contributed by atoms with Gasteiger partial charge in [-0.25, -0.2) is 9.97 Å². The molecule has 2 rings (SSSR count). The lowest BCUT2D eigenvalue weighted by atomic mass is 10.1. The highest BCUT2D eigenvalue weighted by molar-refractivity contribution is 7.71. The van der Waals surface area contributed by atoms with E-state index in [9.17, 15) is 0 Å². The molecule has 0 radical (unpaired) electrons. The van der Waals surface area contributed by atoms with E-state index in [4.69, 9.17) is 17.0 Å². The fourth-order valence-corrected chi connectivity index (χ4v) is 2.07. The summed E-state index contributed by atoms with van der Waals surface area (Å²) < 4.78 is 5.71. The average Bonchev–Trinajstić information content (AvgIpc) is 2.41. The number of nitrogens with one attached hydrogen (secondary N) is 1. The molecule has 2 aromatic heterocycles. The lowest BCUT2D eigenvalue weighted by molar-refractivity contribution is 0.398. The van der Waals surface area contributed by atoms with Crippen molar-refractivity contribution in [2.75, 3.05) is 7.11 Å². The monoisotopic (exact) mass is 261 g/mol. The molecule has 0 fully saturated rings. The molecule has 0 atom stereocenters. The van der Waals surface area contributed by atoms with E-state index in [1.807, 2.05) is 12.1 Å². The number of rotatable bonds is 4. The molecule has 0 aliphatic heterocycles. The Morgan fingerprint density at radius 2 is 2.17 bits per heavy atom. The summed E-state index contributed by atoms with van der Waals surface area (Å²) in [6, 6.07) is 3.80. The molecule has 0 amide bonds. The maximum absolute atomic E-state index is 5.28. The van der Waals surface area contributed by atoms with Crippen molar-refractivity contribution >= 4 is 12.2 Å². The third-order valence-corrected chi connectivity index (χ3v) is 3.04. The summed E-state index contributed by atoms with van der Waals surface area (Å²) in [5, 5.41) is 0. The van der Waals surface area contributed by atoms with Crippen molar-refractivity contribution in [1.29, 1.82) is 0 Å². The Kier molecular flexibility index (Phi) is 4.04. The quantitative estimate of drug-likeness (QED) is 0.859. The Hall–Kier alpha value is -1.75. The van der Waals surface area contributed by atoms with E-state index in [1.165, 1.54) is 0 Å². The van der Waals surface area contributed by atoms with Gasteiger partial charge in [-0.05, 0) is 12.5 Å². The maximum atomic E-state index is 5.28. The van der Waals surface area contributed by atoms with Crippen molar-refractivity contribution in [3.63, 3.8) is 0 Å². The van der Waals surface area contributed by atoms with Crippen molar-refractivity contribution in [2.24, 2.45) is 0 Å². The minimum Gasteiger partial charge on any atom is -0.481 e. The van der Waals surface area contributed by atoms with Crippen LogP contribution in [0.15, 0.2) is 24.7 Å². The number of ether oxygens (including phenoxy) is 1. The number of aromatic amines is 1. The van der Waals surface area contributed by atoms with Crippen LogP contribution in [0.3, 0.4) is 0 Å². The summed E-state index contributed by atoms with van der Waals surface area (Å²) in [5.74, 6) is 0.600. The molecule has 0 bridgehead atoms. The van der Waals surface area contributed by atoms with Crippen molar-refractivity contribution in [2.45, 2.75) is 19.8 Å². The van der Waals surface area contributed by atoms with Gasteiger partial charge >= 0.3 is 0 Å². The van der Waals surface area contributed by atoms with Gasteiger partial charge in [0.1, 0.15) is 4.64 Å². The Balaban J connectivity index is 2.48.